The Morgan fingerprint density at radius 3 is 1.70 bits per heavy atom. The molecular formula is C34H16N6. The summed E-state index contributed by atoms with van der Waals surface area (Å²) >= 11 is 0. The third-order valence-electron chi connectivity index (χ3n) is 7.43. The van der Waals surface area contributed by atoms with Gasteiger partial charge in [0.1, 0.15) is 12.1 Å². The van der Waals surface area contributed by atoms with Crippen molar-refractivity contribution < 1.29 is 0 Å². The van der Waals surface area contributed by atoms with Gasteiger partial charge in [-0.2, -0.15) is 21.0 Å². The van der Waals surface area contributed by atoms with Crippen molar-refractivity contribution in [2.75, 3.05) is 0 Å². The van der Waals surface area contributed by atoms with Crippen LogP contribution in [-0.2, 0) is 0 Å². The summed E-state index contributed by atoms with van der Waals surface area (Å²) in [5.74, 6) is 0. The van der Waals surface area contributed by atoms with Gasteiger partial charge >= 0.3 is 0 Å². The first-order valence-corrected chi connectivity index (χ1v) is 12.5. The van der Waals surface area contributed by atoms with Gasteiger partial charge in [0.05, 0.1) is 62.1 Å². The van der Waals surface area contributed by atoms with E-state index in [4.69, 9.17) is 0 Å². The summed E-state index contributed by atoms with van der Waals surface area (Å²) in [6.07, 6.45) is 0. The van der Waals surface area contributed by atoms with Crippen LogP contribution in [0.25, 0.3) is 55.0 Å². The number of aromatic nitrogens is 2. The second-order valence-electron chi connectivity index (χ2n) is 9.48. The van der Waals surface area contributed by atoms with Gasteiger partial charge in [0.2, 0.25) is 0 Å². The lowest BCUT2D eigenvalue weighted by molar-refractivity contribution is 1.15. The molecule has 0 amide bonds. The van der Waals surface area contributed by atoms with E-state index in [2.05, 4.69) is 53.1 Å². The summed E-state index contributed by atoms with van der Waals surface area (Å²) < 4.78 is 4.17. The smallest absolute Gasteiger partial charge is 0.101 e. The molecule has 0 N–H and O–H groups in total. The Morgan fingerprint density at radius 2 is 1.07 bits per heavy atom. The Bertz CT molecular complexity index is 2320. The van der Waals surface area contributed by atoms with Gasteiger partial charge in [0.25, 0.3) is 0 Å². The van der Waals surface area contributed by atoms with Crippen molar-refractivity contribution in [3.8, 4) is 35.7 Å². The number of hydrogen-bond donors (Lipinski definition) is 0. The van der Waals surface area contributed by atoms with E-state index >= 15 is 0 Å². The highest BCUT2D eigenvalue weighted by atomic mass is 15.0. The van der Waals surface area contributed by atoms with E-state index in [1.165, 1.54) is 12.1 Å². The lowest BCUT2D eigenvalue weighted by Gasteiger charge is -2.13. The van der Waals surface area contributed by atoms with E-state index in [1.54, 1.807) is 0 Å². The maximum absolute atomic E-state index is 10.1. The van der Waals surface area contributed by atoms with E-state index in [9.17, 15) is 21.0 Å². The molecule has 0 aliphatic rings. The number of benzene rings is 5. The van der Waals surface area contributed by atoms with Gasteiger partial charge in [0.15, 0.2) is 0 Å². The third-order valence-corrected chi connectivity index (χ3v) is 7.43. The van der Waals surface area contributed by atoms with Crippen molar-refractivity contribution in [3.63, 3.8) is 0 Å². The number of rotatable bonds is 2. The summed E-state index contributed by atoms with van der Waals surface area (Å²) in [5, 5.41) is 43.2. The molecule has 7 rings (SSSR count). The monoisotopic (exact) mass is 508 g/mol. The zero-order valence-corrected chi connectivity index (χ0v) is 20.9. The Balaban J connectivity index is 1.72. The first kappa shape index (κ1) is 22.8. The van der Waals surface area contributed by atoms with Crippen molar-refractivity contribution in [1.29, 1.82) is 21.0 Å². The third kappa shape index (κ3) is 3.06. The summed E-state index contributed by atoms with van der Waals surface area (Å²) in [5.41, 5.74) is 6.43. The highest BCUT2D eigenvalue weighted by Gasteiger charge is 2.23. The fraction of sp³-hybridized carbons (Fsp3) is 0. The highest BCUT2D eigenvalue weighted by molar-refractivity contribution is 6.26. The molecular weight excluding hydrogens is 492 g/mol. The SMILES string of the molecule is N#Cc1ccc(-n2c3ccccc3c3ccc4c(c5ccccc5n4-c4c(C#N)cc(C#N)cc4C#N)c32)cc1. The first-order valence-electron chi connectivity index (χ1n) is 12.5. The zero-order valence-electron chi connectivity index (χ0n) is 20.9. The zero-order chi connectivity index (χ0) is 27.4. The molecule has 2 heterocycles. The predicted molar refractivity (Wildman–Crippen MR) is 154 cm³/mol. The van der Waals surface area contributed by atoms with Gasteiger partial charge in [-0.15, -0.1) is 0 Å². The van der Waals surface area contributed by atoms with Crippen molar-refractivity contribution in [1.82, 2.24) is 9.13 Å². The largest absolute Gasteiger partial charge is 0.309 e. The fourth-order valence-electron chi connectivity index (χ4n) is 5.81. The maximum atomic E-state index is 10.1. The van der Waals surface area contributed by atoms with Crippen LogP contribution < -0.4 is 0 Å². The summed E-state index contributed by atoms with van der Waals surface area (Å²) in [6, 6.07) is 39.6. The summed E-state index contributed by atoms with van der Waals surface area (Å²) in [4.78, 5) is 0. The minimum atomic E-state index is 0.256. The van der Waals surface area contributed by atoms with Crippen LogP contribution in [-0.4, -0.2) is 9.13 Å². The molecule has 40 heavy (non-hydrogen) atoms. The average Bonchev–Trinajstić information content (AvgIpc) is 3.53. The molecule has 6 heteroatoms. The molecule has 0 unspecified atom stereocenters. The number of hydrogen-bond acceptors (Lipinski definition) is 4. The van der Waals surface area contributed by atoms with Gasteiger partial charge in [0, 0.05) is 27.2 Å². The van der Waals surface area contributed by atoms with Crippen LogP contribution in [0.1, 0.15) is 22.3 Å². The molecule has 0 radical (unpaired) electrons. The Morgan fingerprint density at radius 1 is 0.475 bits per heavy atom. The fourth-order valence-corrected chi connectivity index (χ4v) is 5.81. The minimum absolute atomic E-state index is 0.256. The van der Waals surface area contributed by atoms with E-state index in [1.807, 2.05) is 65.2 Å². The standard InChI is InChI=1S/C34H16N6/c35-17-21-9-11-25(12-10-21)39-29-7-3-1-5-26(29)27-13-14-31-32(34(27)39)28-6-2-4-8-30(28)40(31)33-23(19-37)15-22(18-36)16-24(33)20-38/h1-16H. The minimum Gasteiger partial charge on any atom is -0.309 e. The molecule has 2 aromatic heterocycles. The topological polar surface area (TPSA) is 105 Å². The van der Waals surface area contributed by atoms with Gasteiger partial charge in [-0.1, -0.05) is 42.5 Å². The second kappa shape index (κ2) is 8.61. The van der Waals surface area contributed by atoms with Crippen molar-refractivity contribution in [3.05, 3.63) is 119 Å². The molecule has 0 aliphatic carbocycles. The van der Waals surface area contributed by atoms with Gasteiger partial charge in [-0.3, -0.25) is 0 Å². The van der Waals surface area contributed by atoms with E-state index in [-0.39, 0.29) is 16.7 Å². The van der Waals surface area contributed by atoms with Gasteiger partial charge < -0.3 is 9.13 Å². The molecule has 0 saturated heterocycles. The van der Waals surface area contributed by atoms with E-state index in [0.717, 1.165) is 49.3 Å². The van der Waals surface area contributed by atoms with Gasteiger partial charge in [-0.05, 0) is 54.6 Å². The van der Waals surface area contributed by atoms with Crippen molar-refractivity contribution in [2.45, 2.75) is 0 Å². The van der Waals surface area contributed by atoms with Crippen molar-refractivity contribution in [2.24, 2.45) is 0 Å². The highest BCUT2D eigenvalue weighted by Crippen LogP contribution is 2.42. The number of fused-ring (bicyclic) bond motifs is 7. The van der Waals surface area contributed by atoms with Crippen LogP contribution in [0.15, 0.2) is 97.1 Å². The quantitative estimate of drug-likeness (QED) is 0.243. The van der Waals surface area contributed by atoms with Gasteiger partial charge in [-0.25, -0.2) is 0 Å². The second-order valence-corrected chi connectivity index (χ2v) is 9.48. The number of para-hydroxylation sites is 2. The predicted octanol–water partition coefficient (Wildman–Crippen LogP) is 7.37. The molecule has 0 saturated carbocycles. The first-order chi connectivity index (χ1) is 19.7. The molecule has 0 atom stereocenters. The van der Waals surface area contributed by atoms with E-state index < -0.39 is 0 Å². The Labute approximate surface area is 228 Å². The van der Waals surface area contributed by atoms with E-state index in [0.29, 0.717) is 11.3 Å². The summed E-state index contributed by atoms with van der Waals surface area (Å²) in [7, 11) is 0. The number of nitrogens with zero attached hydrogens (tertiary/aromatic N) is 6. The van der Waals surface area contributed by atoms with Crippen LogP contribution in [0.5, 0.6) is 0 Å². The van der Waals surface area contributed by atoms with Crippen LogP contribution >= 0.6 is 0 Å². The van der Waals surface area contributed by atoms with Crippen LogP contribution in [0.4, 0.5) is 0 Å². The molecule has 5 aromatic carbocycles. The Hall–Kier alpha value is -6.34. The molecule has 6 nitrogen and oxygen atoms in total. The normalized spacial score (nSPS) is 10.9. The maximum Gasteiger partial charge on any atom is 0.101 e. The number of nitriles is 4. The molecule has 0 bridgehead atoms. The van der Waals surface area contributed by atoms with Crippen molar-refractivity contribution >= 4 is 43.6 Å². The lowest BCUT2D eigenvalue weighted by Crippen LogP contribution is -2.02. The van der Waals surface area contributed by atoms with Crippen LogP contribution in [0.3, 0.4) is 0 Å². The Kier molecular flexibility index (Phi) is 4.91. The average molecular weight is 509 g/mol. The molecule has 182 valence electrons. The summed E-state index contributed by atoms with van der Waals surface area (Å²) in [6.45, 7) is 0. The van der Waals surface area contributed by atoms with Crippen LogP contribution in [0.2, 0.25) is 0 Å². The molecule has 0 fully saturated rings. The molecule has 0 aliphatic heterocycles. The molecule has 7 aromatic rings. The van der Waals surface area contributed by atoms with Crippen LogP contribution in [0, 0.1) is 45.3 Å². The molecule has 0 spiro atoms. The lowest BCUT2D eigenvalue weighted by atomic mass is 10.0.